The molecule has 3 heteroatoms. The molecule has 17 heavy (non-hydrogen) atoms. The van der Waals surface area contributed by atoms with Crippen molar-refractivity contribution in [1.29, 1.82) is 5.26 Å². The fourth-order valence-electron chi connectivity index (χ4n) is 1.58. The largest absolute Gasteiger partial charge is 0.382 e. The molecular formula is C14H20N2O. The number of nitrogens with zero attached hydrogens (tertiary/aromatic N) is 1. The maximum Gasteiger partial charge on any atom is 0.0991 e. The van der Waals surface area contributed by atoms with Crippen LogP contribution in [-0.4, -0.2) is 19.8 Å². The van der Waals surface area contributed by atoms with Gasteiger partial charge in [-0.25, -0.2) is 0 Å². The summed E-state index contributed by atoms with van der Waals surface area (Å²) in [7, 11) is 0. The predicted molar refractivity (Wildman–Crippen MR) is 68.6 cm³/mol. The first-order valence-electron chi connectivity index (χ1n) is 6.14. The van der Waals surface area contributed by atoms with Gasteiger partial charge >= 0.3 is 0 Å². The molecule has 0 aromatic heterocycles. The van der Waals surface area contributed by atoms with Crippen molar-refractivity contribution in [2.75, 3.05) is 19.8 Å². The molecule has 0 atom stereocenters. The summed E-state index contributed by atoms with van der Waals surface area (Å²) in [6, 6.07) is 9.85. The lowest BCUT2D eigenvalue weighted by Crippen LogP contribution is -2.15. The fourth-order valence-corrected chi connectivity index (χ4v) is 1.58. The van der Waals surface area contributed by atoms with Crippen LogP contribution < -0.4 is 5.32 Å². The third kappa shape index (κ3) is 6.06. The van der Waals surface area contributed by atoms with E-state index in [1.807, 2.05) is 31.2 Å². The van der Waals surface area contributed by atoms with Crippen molar-refractivity contribution in [3.8, 4) is 6.07 Å². The molecular weight excluding hydrogens is 212 g/mol. The predicted octanol–water partition coefficient (Wildman–Crippen LogP) is 2.46. The number of rotatable bonds is 8. The van der Waals surface area contributed by atoms with Crippen molar-refractivity contribution in [3.05, 3.63) is 35.4 Å². The van der Waals surface area contributed by atoms with Crippen LogP contribution in [0.15, 0.2) is 24.3 Å². The molecule has 0 spiro atoms. The SMILES string of the molecule is CCOCCCCNCc1cccc(C#N)c1. The second-order valence-corrected chi connectivity index (χ2v) is 3.89. The Hall–Kier alpha value is -1.37. The molecule has 92 valence electrons. The maximum atomic E-state index is 8.77. The van der Waals surface area contributed by atoms with Gasteiger partial charge in [0, 0.05) is 19.8 Å². The van der Waals surface area contributed by atoms with Crippen molar-refractivity contribution in [2.24, 2.45) is 0 Å². The van der Waals surface area contributed by atoms with E-state index in [0.29, 0.717) is 0 Å². The van der Waals surface area contributed by atoms with Gasteiger partial charge < -0.3 is 10.1 Å². The minimum Gasteiger partial charge on any atom is -0.382 e. The van der Waals surface area contributed by atoms with Crippen molar-refractivity contribution in [1.82, 2.24) is 5.32 Å². The van der Waals surface area contributed by atoms with Crippen LogP contribution in [0.3, 0.4) is 0 Å². The zero-order valence-corrected chi connectivity index (χ0v) is 10.4. The second kappa shape index (κ2) is 8.74. The van der Waals surface area contributed by atoms with E-state index in [1.165, 1.54) is 0 Å². The van der Waals surface area contributed by atoms with Gasteiger partial charge in [-0.1, -0.05) is 12.1 Å². The van der Waals surface area contributed by atoms with Gasteiger partial charge in [-0.3, -0.25) is 0 Å². The molecule has 0 aliphatic heterocycles. The van der Waals surface area contributed by atoms with E-state index in [4.69, 9.17) is 10.00 Å². The van der Waals surface area contributed by atoms with Crippen LogP contribution >= 0.6 is 0 Å². The van der Waals surface area contributed by atoms with Crippen LogP contribution in [0.1, 0.15) is 30.9 Å². The van der Waals surface area contributed by atoms with Crippen LogP contribution in [0.5, 0.6) is 0 Å². The average Bonchev–Trinajstić information content (AvgIpc) is 2.38. The normalized spacial score (nSPS) is 10.1. The van der Waals surface area contributed by atoms with E-state index < -0.39 is 0 Å². The lowest BCUT2D eigenvalue weighted by Gasteiger charge is -2.05. The first kappa shape index (κ1) is 13.7. The third-order valence-corrected chi connectivity index (χ3v) is 2.48. The van der Waals surface area contributed by atoms with Crippen molar-refractivity contribution < 1.29 is 4.74 Å². The van der Waals surface area contributed by atoms with Crippen molar-refractivity contribution in [3.63, 3.8) is 0 Å². The Kier molecular flexibility index (Phi) is 7.04. The van der Waals surface area contributed by atoms with Gasteiger partial charge in [-0.15, -0.1) is 0 Å². The first-order valence-corrected chi connectivity index (χ1v) is 6.14. The van der Waals surface area contributed by atoms with Crippen molar-refractivity contribution >= 4 is 0 Å². The number of benzene rings is 1. The Morgan fingerprint density at radius 2 is 2.24 bits per heavy atom. The summed E-state index contributed by atoms with van der Waals surface area (Å²) in [6.07, 6.45) is 2.22. The molecule has 0 heterocycles. The zero-order chi connectivity index (χ0) is 12.3. The molecule has 0 saturated heterocycles. The highest BCUT2D eigenvalue weighted by atomic mass is 16.5. The van der Waals surface area contributed by atoms with E-state index in [-0.39, 0.29) is 0 Å². The molecule has 1 aromatic carbocycles. The molecule has 1 rings (SSSR count). The molecule has 0 saturated carbocycles. The third-order valence-electron chi connectivity index (χ3n) is 2.48. The topological polar surface area (TPSA) is 45.0 Å². The first-order chi connectivity index (χ1) is 8.36. The summed E-state index contributed by atoms with van der Waals surface area (Å²) in [4.78, 5) is 0. The second-order valence-electron chi connectivity index (χ2n) is 3.89. The highest BCUT2D eigenvalue weighted by Crippen LogP contribution is 2.03. The Labute approximate surface area is 103 Å². The van der Waals surface area contributed by atoms with Crippen LogP contribution in [0.25, 0.3) is 0 Å². The minimum absolute atomic E-state index is 0.723. The Morgan fingerprint density at radius 1 is 1.35 bits per heavy atom. The maximum absolute atomic E-state index is 8.77. The quantitative estimate of drug-likeness (QED) is 0.700. The van der Waals surface area contributed by atoms with E-state index in [9.17, 15) is 0 Å². The van der Waals surface area contributed by atoms with Crippen LogP contribution in [0.4, 0.5) is 0 Å². The van der Waals surface area contributed by atoms with Gasteiger partial charge in [0.2, 0.25) is 0 Å². The number of nitriles is 1. The summed E-state index contributed by atoms with van der Waals surface area (Å²) in [5, 5.41) is 12.1. The number of ether oxygens (including phenoxy) is 1. The van der Waals surface area contributed by atoms with E-state index in [1.54, 1.807) is 0 Å². The van der Waals surface area contributed by atoms with E-state index in [0.717, 1.165) is 50.3 Å². The van der Waals surface area contributed by atoms with E-state index >= 15 is 0 Å². The number of unbranched alkanes of at least 4 members (excludes halogenated alkanes) is 1. The monoisotopic (exact) mass is 232 g/mol. The van der Waals surface area contributed by atoms with Gasteiger partial charge in [0.05, 0.1) is 11.6 Å². The number of hydrogen-bond donors (Lipinski definition) is 1. The van der Waals surface area contributed by atoms with Crippen LogP contribution in [0.2, 0.25) is 0 Å². The van der Waals surface area contributed by atoms with Gasteiger partial charge in [-0.05, 0) is 44.0 Å². The number of nitrogens with one attached hydrogen (secondary N) is 1. The van der Waals surface area contributed by atoms with Crippen LogP contribution in [-0.2, 0) is 11.3 Å². The highest BCUT2D eigenvalue weighted by molar-refractivity contribution is 5.32. The fraction of sp³-hybridized carbons (Fsp3) is 0.500. The molecule has 0 amide bonds. The Bertz CT molecular complexity index is 357. The molecule has 0 unspecified atom stereocenters. The van der Waals surface area contributed by atoms with Gasteiger partial charge in [0.1, 0.15) is 0 Å². The smallest absolute Gasteiger partial charge is 0.0991 e. The zero-order valence-electron chi connectivity index (χ0n) is 10.4. The Balaban J connectivity index is 2.12. The lowest BCUT2D eigenvalue weighted by atomic mass is 10.1. The Morgan fingerprint density at radius 3 is 3.00 bits per heavy atom. The highest BCUT2D eigenvalue weighted by Gasteiger charge is 1.95. The van der Waals surface area contributed by atoms with Gasteiger partial charge in [-0.2, -0.15) is 5.26 Å². The molecule has 3 nitrogen and oxygen atoms in total. The molecule has 0 radical (unpaired) electrons. The van der Waals surface area contributed by atoms with Gasteiger partial charge in [0.15, 0.2) is 0 Å². The van der Waals surface area contributed by atoms with Gasteiger partial charge in [0.25, 0.3) is 0 Å². The summed E-state index contributed by atoms with van der Waals surface area (Å²) in [5.41, 5.74) is 1.88. The summed E-state index contributed by atoms with van der Waals surface area (Å²) >= 11 is 0. The number of hydrogen-bond acceptors (Lipinski definition) is 3. The standard InChI is InChI=1S/C14H20N2O/c1-2-17-9-4-3-8-16-12-14-7-5-6-13(10-14)11-15/h5-7,10,16H,2-4,8-9,12H2,1H3. The lowest BCUT2D eigenvalue weighted by molar-refractivity contribution is 0.143. The minimum atomic E-state index is 0.723. The summed E-state index contributed by atoms with van der Waals surface area (Å²) in [5.74, 6) is 0. The van der Waals surface area contributed by atoms with Crippen LogP contribution in [0, 0.1) is 11.3 Å². The van der Waals surface area contributed by atoms with Crippen molar-refractivity contribution in [2.45, 2.75) is 26.3 Å². The average molecular weight is 232 g/mol. The van der Waals surface area contributed by atoms with E-state index in [2.05, 4.69) is 11.4 Å². The molecule has 0 fully saturated rings. The molecule has 1 N–H and O–H groups in total. The molecule has 1 aromatic rings. The molecule has 0 bridgehead atoms. The summed E-state index contributed by atoms with van der Waals surface area (Å²) < 4.78 is 5.26. The molecule has 0 aliphatic carbocycles. The molecule has 0 aliphatic rings. The summed E-state index contributed by atoms with van der Waals surface area (Å²) in [6.45, 7) is 5.48.